The van der Waals surface area contributed by atoms with Crippen molar-refractivity contribution < 1.29 is 47.0 Å². The van der Waals surface area contributed by atoms with E-state index in [0.717, 1.165) is 11.8 Å². The number of aliphatic hydroxyl groups excluding tert-OH is 1. The molecule has 4 rings (SSSR count). The van der Waals surface area contributed by atoms with Crippen molar-refractivity contribution in [3.8, 4) is 23.2 Å². The Morgan fingerprint density at radius 3 is 2.45 bits per heavy atom. The Morgan fingerprint density at radius 2 is 1.74 bits per heavy atom. The smallest absolute Gasteiger partial charge is 0.408 e. The van der Waals surface area contributed by atoms with Crippen LogP contribution in [0.15, 0.2) is 49.8 Å². The van der Waals surface area contributed by atoms with Crippen molar-refractivity contribution in [2.45, 2.75) is 71.6 Å². The van der Waals surface area contributed by atoms with Gasteiger partial charge >= 0.3 is 18.2 Å². The van der Waals surface area contributed by atoms with Crippen LogP contribution < -0.4 is 10.6 Å². The van der Waals surface area contributed by atoms with Crippen LogP contribution in [0.4, 0.5) is 9.59 Å². The van der Waals surface area contributed by atoms with Crippen LogP contribution in [-0.4, -0.2) is 64.1 Å². The van der Waals surface area contributed by atoms with Crippen LogP contribution in [-0.2, 0) is 27.2 Å². The Balaban J connectivity index is 1.52. The zero-order valence-electron chi connectivity index (χ0n) is 27.0. The minimum Gasteiger partial charge on any atom is -0.464 e. The van der Waals surface area contributed by atoms with Crippen LogP contribution in [0.3, 0.4) is 0 Å². The molecule has 4 aromatic rings. The standard InChI is InChI=1S/C32H39N5O10/c1-19-24(28-37-25(23(46-28)14-16-38)27-34-22(18-43-27)29(39)42-5)36-26(45-19)21(13-9-10-15-33-30(40)47-32(2,3)4)35-31(41)44-17-20-11-7-6-8-12-20/h6-8,11-12,18,21,38H,9-10,13-17H2,1-5H3,(H,33,40)(H,35,41). The Labute approximate surface area is 271 Å². The van der Waals surface area contributed by atoms with E-state index in [2.05, 4.69) is 30.3 Å². The lowest BCUT2D eigenvalue weighted by Gasteiger charge is -2.19. The van der Waals surface area contributed by atoms with Crippen molar-refractivity contribution in [1.82, 2.24) is 25.6 Å². The van der Waals surface area contributed by atoms with Crippen molar-refractivity contribution >= 4 is 18.2 Å². The predicted molar refractivity (Wildman–Crippen MR) is 165 cm³/mol. The number of aryl methyl sites for hydroxylation is 1. The molecule has 1 atom stereocenters. The van der Waals surface area contributed by atoms with E-state index in [0.29, 0.717) is 31.6 Å². The molecule has 1 unspecified atom stereocenters. The van der Waals surface area contributed by atoms with Crippen LogP contribution in [0.1, 0.15) is 79.5 Å². The molecule has 1 aromatic carbocycles. The van der Waals surface area contributed by atoms with Gasteiger partial charge in [-0.1, -0.05) is 30.3 Å². The highest BCUT2D eigenvalue weighted by molar-refractivity contribution is 5.87. The molecule has 15 nitrogen and oxygen atoms in total. The number of amides is 2. The molecule has 3 heterocycles. The van der Waals surface area contributed by atoms with E-state index >= 15 is 0 Å². The fourth-order valence-electron chi connectivity index (χ4n) is 4.38. The van der Waals surface area contributed by atoms with Crippen molar-refractivity contribution in [2.75, 3.05) is 20.3 Å². The Bertz CT molecular complexity index is 1640. The molecule has 0 saturated carbocycles. The maximum absolute atomic E-state index is 12.8. The van der Waals surface area contributed by atoms with Gasteiger partial charge in [0.2, 0.25) is 17.7 Å². The molecular weight excluding hydrogens is 614 g/mol. The Kier molecular flexibility index (Phi) is 11.7. The van der Waals surface area contributed by atoms with E-state index in [1.807, 2.05) is 30.3 Å². The number of hydrogen-bond acceptors (Lipinski definition) is 13. The van der Waals surface area contributed by atoms with E-state index in [4.69, 9.17) is 22.7 Å². The summed E-state index contributed by atoms with van der Waals surface area (Å²) in [5, 5.41) is 15.2. The second-order valence-electron chi connectivity index (χ2n) is 11.4. The lowest BCUT2D eigenvalue weighted by Crippen LogP contribution is -2.33. The van der Waals surface area contributed by atoms with Gasteiger partial charge in [-0.05, 0) is 52.5 Å². The maximum Gasteiger partial charge on any atom is 0.408 e. The number of ether oxygens (including phenoxy) is 3. The number of esters is 1. The highest BCUT2D eigenvalue weighted by Gasteiger charge is 2.28. The molecule has 0 saturated heterocycles. The molecular formula is C32H39N5O10. The molecule has 0 bridgehead atoms. The molecule has 2 amide bonds. The number of unbranched alkanes of at least 4 members (excludes halogenated alkanes) is 1. The SMILES string of the molecule is COC(=O)c1coc(-c2nc(-c3nc(C(CCCCNC(=O)OC(C)(C)C)NC(=O)OCc4ccccc4)oc3C)oc2CCO)n1. The second kappa shape index (κ2) is 15.9. The molecule has 0 fully saturated rings. The van der Waals surface area contributed by atoms with Crippen LogP contribution in [0.2, 0.25) is 0 Å². The van der Waals surface area contributed by atoms with Gasteiger partial charge < -0.3 is 43.2 Å². The van der Waals surface area contributed by atoms with E-state index in [1.54, 1.807) is 27.7 Å². The lowest BCUT2D eigenvalue weighted by molar-refractivity contribution is 0.0525. The summed E-state index contributed by atoms with van der Waals surface area (Å²) >= 11 is 0. The largest absolute Gasteiger partial charge is 0.464 e. The van der Waals surface area contributed by atoms with Gasteiger partial charge in [-0.15, -0.1) is 0 Å². The molecule has 3 aromatic heterocycles. The topological polar surface area (TPSA) is 201 Å². The van der Waals surface area contributed by atoms with Crippen molar-refractivity contribution in [3.05, 3.63) is 65.3 Å². The third-order valence-electron chi connectivity index (χ3n) is 6.54. The maximum atomic E-state index is 12.8. The number of aliphatic hydroxyl groups is 1. The van der Waals surface area contributed by atoms with Gasteiger partial charge in [0, 0.05) is 13.0 Å². The number of alkyl carbamates (subject to hydrolysis) is 2. The summed E-state index contributed by atoms with van der Waals surface area (Å²) in [4.78, 5) is 49.9. The fourth-order valence-corrected chi connectivity index (χ4v) is 4.38. The van der Waals surface area contributed by atoms with E-state index in [1.165, 1.54) is 7.11 Å². The first-order valence-electron chi connectivity index (χ1n) is 15.0. The lowest BCUT2D eigenvalue weighted by atomic mass is 10.1. The van der Waals surface area contributed by atoms with Crippen LogP contribution in [0.5, 0.6) is 0 Å². The number of carbonyl (C=O) groups excluding carboxylic acids is 3. The van der Waals surface area contributed by atoms with Crippen molar-refractivity contribution in [3.63, 3.8) is 0 Å². The van der Waals surface area contributed by atoms with Gasteiger partial charge in [0.1, 0.15) is 36.0 Å². The molecule has 0 aliphatic heterocycles. The number of benzene rings is 1. The summed E-state index contributed by atoms with van der Waals surface area (Å²) in [6.45, 7) is 7.20. The van der Waals surface area contributed by atoms with Crippen LogP contribution in [0, 0.1) is 6.92 Å². The number of nitrogens with zero attached hydrogens (tertiary/aromatic N) is 3. The number of nitrogens with one attached hydrogen (secondary N) is 2. The first-order chi connectivity index (χ1) is 22.5. The summed E-state index contributed by atoms with van der Waals surface area (Å²) in [6, 6.07) is 8.55. The van der Waals surface area contributed by atoms with Crippen molar-refractivity contribution in [1.29, 1.82) is 0 Å². The van der Waals surface area contributed by atoms with E-state index in [-0.39, 0.29) is 60.1 Å². The average molecular weight is 654 g/mol. The molecule has 0 radical (unpaired) electrons. The van der Waals surface area contributed by atoms with Gasteiger partial charge in [-0.3, -0.25) is 0 Å². The Morgan fingerprint density at radius 1 is 0.979 bits per heavy atom. The number of aromatic nitrogens is 3. The first-order valence-corrected chi connectivity index (χ1v) is 15.0. The van der Waals surface area contributed by atoms with Crippen molar-refractivity contribution in [2.24, 2.45) is 0 Å². The fraction of sp³-hybridized carbons (Fsp3) is 0.438. The average Bonchev–Trinajstić information content (AvgIpc) is 3.77. The summed E-state index contributed by atoms with van der Waals surface area (Å²) in [5.41, 5.74) is 0.579. The predicted octanol–water partition coefficient (Wildman–Crippen LogP) is 5.28. The van der Waals surface area contributed by atoms with E-state index in [9.17, 15) is 19.5 Å². The van der Waals surface area contributed by atoms with Gasteiger partial charge in [0.25, 0.3) is 0 Å². The normalized spacial score (nSPS) is 12.0. The van der Waals surface area contributed by atoms with Gasteiger partial charge in [0.15, 0.2) is 17.1 Å². The zero-order chi connectivity index (χ0) is 34.0. The molecule has 3 N–H and O–H groups in total. The highest BCUT2D eigenvalue weighted by atomic mass is 16.6. The van der Waals surface area contributed by atoms with Crippen LogP contribution >= 0.6 is 0 Å². The van der Waals surface area contributed by atoms with Gasteiger partial charge in [-0.25, -0.2) is 29.3 Å². The third-order valence-corrected chi connectivity index (χ3v) is 6.54. The number of methoxy groups -OCH3 is 1. The minimum atomic E-state index is -0.701. The summed E-state index contributed by atoms with van der Waals surface area (Å²) in [5.74, 6) is 0.141. The second-order valence-corrected chi connectivity index (χ2v) is 11.4. The van der Waals surface area contributed by atoms with E-state index < -0.39 is 29.8 Å². The number of hydrogen-bond donors (Lipinski definition) is 3. The Hall–Kier alpha value is -5.18. The highest BCUT2D eigenvalue weighted by Crippen LogP contribution is 2.32. The molecule has 47 heavy (non-hydrogen) atoms. The third kappa shape index (κ3) is 9.90. The van der Waals surface area contributed by atoms with Gasteiger partial charge in [-0.2, -0.15) is 0 Å². The minimum absolute atomic E-state index is 0.00841. The first kappa shape index (κ1) is 34.7. The number of rotatable bonds is 14. The molecule has 0 aliphatic rings. The number of oxazole rings is 3. The quantitative estimate of drug-likeness (QED) is 0.0902. The molecule has 0 aliphatic carbocycles. The number of carbonyl (C=O) groups is 3. The molecule has 0 spiro atoms. The summed E-state index contributed by atoms with van der Waals surface area (Å²) in [7, 11) is 1.22. The summed E-state index contributed by atoms with van der Waals surface area (Å²) < 4.78 is 32.7. The zero-order valence-corrected chi connectivity index (χ0v) is 27.0. The monoisotopic (exact) mass is 653 g/mol. The van der Waals surface area contributed by atoms with Crippen LogP contribution in [0.25, 0.3) is 23.2 Å². The molecule has 15 heteroatoms. The van der Waals surface area contributed by atoms with Gasteiger partial charge in [0.05, 0.1) is 13.7 Å². The molecule has 252 valence electrons. The summed E-state index contributed by atoms with van der Waals surface area (Å²) in [6.07, 6.45) is 1.59.